The van der Waals surface area contributed by atoms with E-state index in [0.29, 0.717) is 12.0 Å². The Morgan fingerprint density at radius 1 is 1.33 bits per heavy atom. The topological polar surface area (TPSA) is 0 Å². The highest BCUT2D eigenvalue weighted by molar-refractivity contribution is 6.20. The molecule has 0 aliphatic carbocycles. The summed E-state index contributed by atoms with van der Waals surface area (Å²) in [6.45, 7) is 2.01. The number of rotatable bonds is 5. The van der Waals surface area contributed by atoms with Gasteiger partial charge < -0.3 is 0 Å². The molecule has 3 heteroatoms. The van der Waals surface area contributed by atoms with E-state index in [4.69, 9.17) is 11.6 Å². The summed E-state index contributed by atoms with van der Waals surface area (Å²) in [5, 5.41) is 0.140. The molecule has 0 spiro atoms. The van der Waals surface area contributed by atoms with Gasteiger partial charge in [-0.2, -0.15) is 0 Å². The summed E-state index contributed by atoms with van der Waals surface area (Å²) in [6, 6.07) is 3.56. The minimum Gasteiger partial charge on any atom is -0.207 e. The summed E-state index contributed by atoms with van der Waals surface area (Å²) in [5.74, 6) is -0.719. The maximum atomic E-state index is 13.2. The van der Waals surface area contributed by atoms with Crippen LogP contribution in [0.15, 0.2) is 18.2 Å². The molecule has 0 N–H and O–H groups in total. The number of benzene rings is 1. The monoisotopic (exact) mass is 232 g/mol. The van der Waals surface area contributed by atoms with Gasteiger partial charge in [-0.25, -0.2) is 8.78 Å². The molecule has 0 heterocycles. The number of aryl methyl sites for hydroxylation is 1. The molecular weight excluding hydrogens is 218 g/mol. The van der Waals surface area contributed by atoms with Crippen molar-refractivity contribution in [1.29, 1.82) is 0 Å². The summed E-state index contributed by atoms with van der Waals surface area (Å²) >= 11 is 5.93. The first-order chi connectivity index (χ1) is 7.13. The Morgan fingerprint density at radius 3 is 2.73 bits per heavy atom. The molecule has 1 rings (SSSR count). The van der Waals surface area contributed by atoms with Crippen molar-refractivity contribution in [2.45, 2.75) is 38.0 Å². The third-order valence-corrected chi connectivity index (χ3v) is 2.94. The molecular formula is C12H15ClF2. The van der Waals surface area contributed by atoms with Crippen molar-refractivity contribution in [3.63, 3.8) is 0 Å². The molecule has 0 bridgehead atoms. The first kappa shape index (κ1) is 12.4. The van der Waals surface area contributed by atoms with Crippen LogP contribution in [0.2, 0.25) is 0 Å². The molecule has 0 amide bonds. The lowest BCUT2D eigenvalue weighted by Gasteiger charge is -2.06. The lowest BCUT2D eigenvalue weighted by atomic mass is 10.1. The normalized spacial score (nSPS) is 12.8. The first-order valence-electron chi connectivity index (χ1n) is 5.21. The predicted molar refractivity (Wildman–Crippen MR) is 59.2 cm³/mol. The average Bonchev–Trinajstić information content (AvgIpc) is 2.23. The second-order valence-electron chi connectivity index (χ2n) is 3.63. The highest BCUT2D eigenvalue weighted by atomic mass is 35.5. The van der Waals surface area contributed by atoms with Crippen molar-refractivity contribution in [2.75, 3.05) is 0 Å². The molecule has 1 atom stereocenters. The van der Waals surface area contributed by atoms with Crippen LogP contribution in [-0.4, -0.2) is 5.38 Å². The fourth-order valence-corrected chi connectivity index (χ4v) is 1.61. The zero-order valence-corrected chi connectivity index (χ0v) is 9.53. The van der Waals surface area contributed by atoms with Gasteiger partial charge in [0.25, 0.3) is 0 Å². The number of hydrogen-bond donors (Lipinski definition) is 0. The van der Waals surface area contributed by atoms with E-state index in [1.165, 1.54) is 12.1 Å². The summed E-state index contributed by atoms with van der Waals surface area (Å²) < 4.78 is 26.0. The van der Waals surface area contributed by atoms with Crippen molar-refractivity contribution in [1.82, 2.24) is 0 Å². The SMILES string of the molecule is CCC(Cl)CCCc1cc(F)ccc1F. The summed E-state index contributed by atoms with van der Waals surface area (Å²) in [5.41, 5.74) is 0.440. The van der Waals surface area contributed by atoms with Crippen LogP contribution < -0.4 is 0 Å². The highest BCUT2D eigenvalue weighted by Gasteiger charge is 2.05. The van der Waals surface area contributed by atoms with E-state index in [1.807, 2.05) is 6.92 Å². The van der Waals surface area contributed by atoms with Gasteiger partial charge in [-0.15, -0.1) is 11.6 Å². The van der Waals surface area contributed by atoms with Crippen LogP contribution in [0, 0.1) is 11.6 Å². The van der Waals surface area contributed by atoms with E-state index in [9.17, 15) is 8.78 Å². The largest absolute Gasteiger partial charge is 0.207 e. The Labute approximate surface area is 94.3 Å². The molecule has 1 unspecified atom stereocenters. The molecule has 0 nitrogen and oxygen atoms in total. The van der Waals surface area contributed by atoms with Crippen molar-refractivity contribution >= 4 is 11.6 Å². The zero-order chi connectivity index (χ0) is 11.3. The second-order valence-corrected chi connectivity index (χ2v) is 4.25. The van der Waals surface area contributed by atoms with Crippen molar-refractivity contribution in [2.24, 2.45) is 0 Å². The third kappa shape index (κ3) is 4.17. The van der Waals surface area contributed by atoms with Gasteiger partial charge in [0.15, 0.2) is 0 Å². The Balaban J connectivity index is 2.46. The van der Waals surface area contributed by atoms with E-state index in [2.05, 4.69) is 0 Å². The molecule has 0 aliphatic heterocycles. The lowest BCUT2D eigenvalue weighted by molar-refractivity contribution is 0.575. The predicted octanol–water partition coefficient (Wildman–Crippen LogP) is 4.30. The van der Waals surface area contributed by atoms with Gasteiger partial charge in [0.1, 0.15) is 11.6 Å². The Kier molecular flexibility index (Phi) is 5.03. The van der Waals surface area contributed by atoms with Gasteiger partial charge in [-0.3, -0.25) is 0 Å². The minimum absolute atomic E-state index is 0.140. The Morgan fingerprint density at radius 2 is 2.07 bits per heavy atom. The standard InChI is InChI=1S/C12H15ClF2/c1-2-10(13)5-3-4-9-8-11(14)6-7-12(9)15/h6-8,10H,2-5H2,1H3. The van der Waals surface area contributed by atoms with Crippen LogP contribution in [0.4, 0.5) is 8.78 Å². The smallest absolute Gasteiger partial charge is 0.126 e. The van der Waals surface area contributed by atoms with Crippen LogP contribution >= 0.6 is 11.6 Å². The van der Waals surface area contributed by atoms with Gasteiger partial charge in [-0.1, -0.05) is 6.92 Å². The molecule has 84 valence electrons. The van der Waals surface area contributed by atoms with Crippen LogP contribution in [0.1, 0.15) is 31.7 Å². The van der Waals surface area contributed by atoms with Gasteiger partial charge >= 0.3 is 0 Å². The summed E-state index contributed by atoms with van der Waals surface area (Å²) in [7, 11) is 0. The lowest BCUT2D eigenvalue weighted by Crippen LogP contribution is -1.98. The van der Waals surface area contributed by atoms with Crippen LogP contribution in [-0.2, 0) is 6.42 Å². The molecule has 1 aromatic rings. The maximum absolute atomic E-state index is 13.2. The molecule has 0 aliphatic rings. The zero-order valence-electron chi connectivity index (χ0n) is 8.77. The number of halogens is 3. The van der Waals surface area contributed by atoms with E-state index in [1.54, 1.807) is 0 Å². The summed E-state index contributed by atoms with van der Waals surface area (Å²) in [4.78, 5) is 0. The Bertz CT molecular complexity index is 312. The molecule has 0 aromatic heterocycles. The Hall–Kier alpha value is -0.630. The first-order valence-corrected chi connectivity index (χ1v) is 5.65. The maximum Gasteiger partial charge on any atom is 0.126 e. The average molecular weight is 233 g/mol. The minimum atomic E-state index is -0.385. The quantitative estimate of drug-likeness (QED) is 0.664. The fourth-order valence-electron chi connectivity index (χ4n) is 1.45. The van der Waals surface area contributed by atoms with E-state index >= 15 is 0 Å². The van der Waals surface area contributed by atoms with Crippen LogP contribution in [0.3, 0.4) is 0 Å². The van der Waals surface area contributed by atoms with Crippen molar-refractivity contribution in [3.8, 4) is 0 Å². The van der Waals surface area contributed by atoms with E-state index < -0.39 is 0 Å². The van der Waals surface area contributed by atoms with Crippen molar-refractivity contribution < 1.29 is 8.78 Å². The van der Waals surface area contributed by atoms with Gasteiger partial charge in [0, 0.05) is 5.38 Å². The summed E-state index contributed by atoms with van der Waals surface area (Å²) in [6.07, 6.45) is 3.09. The highest BCUT2D eigenvalue weighted by Crippen LogP contribution is 2.15. The molecule has 0 radical (unpaired) electrons. The molecule has 0 fully saturated rings. The van der Waals surface area contributed by atoms with E-state index in [-0.39, 0.29) is 17.0 Å². The second kappa shape index (κ2) is 6.06. The molecule has 1 aromatic carbocycles. The molecule has 0 saturated heterocycles. The van der Waals surface area contributed by atoms with Gasteiger partial charge in [0.05, 0.1) is 0 Å². The number of alkyl halides is 1. The molecule has 15 heavy (non-hydrogen) atoms. The van der Waals surface area contributed by atoms with E-state index in [0.717, 1.165) is 25.3 Å². The van der Waals surface area contributed by atoms with Gasteiger partial charge in [-0.05, 0) is 49.4 Å². The van der Waals surface area contributed by atoms with Crippen LogP contribution in [0.5, 0.6) is 0 Å². The third-order valence-electron chi connectivity index (χ3n) is 2.41. The molecule has 0 saturated carbocycles. The van der Waals surface area contributed by atoms with Crippen LogP contribution in [0.25, 0.3) is 0 Å². The van der Waals surface area contributed by atoms with Crippen molar-refractivity contribution in [3.05, 3.63) is 35.4 Å². The van der Waals surface area contributed by atoms with Gasteiger partial charge in [0.2, 0.25) is 0 Å². The number of hydrogen-bond acceptors (Lipinski definition) is 0. The fraction of sp³-hybridized carbons (Fsp3) is 0.500.